The van der Waals surface area contributed by atoms with E-state index in [4.69, 9.17) is 4.74 Å². The highest BCUT2D eigenvalue weighted by molar-refractivity contribution is 5.92. The van der Waals surface area contributed by atoms with Gasteiger partial charge in [-0.3, -0.25) is 19.6 Å². The van der Waals surface area contributed by atoms with Gasteiger partial charge in [0.15, 0.2) is 0 Å². The van der Waals surface area contributed by atoms with Crippen LogP contribution in [0.2, 0.25) is 0 Å². The molecule has 0 spiro atoms. The number of piperidine rings is 1. The molecule has 0 saturated carbocycles. The minimum absolute atomic E-state index is 0.0242. The Morgan fingerprint density at radius 2 is 2.07 bits per heavy atom. The summed E-state index contributed by atoms with van der Waals surface area (Å²) in [6.45, 7) is 2.73. The van der Waals surface area contributed by atoms with Crippen LogP contribution in [0.5, 0.6) is 0 Å². The highest BCUT2D eigenvalue weighted by atomic mass is 16.6. The van der Waals surface area contributed by atoms with Gasteiger partial charge < -0.3 is 15.0 Å². The van der Waals surface area contributed by atoms with Crippen molar-refractivity contribution in [2.24, 2.45) is 5.92 Å². The van der Waals surface area contributed by atoms with Crippen LogP contribution in [0, 0.1) is 16.0 Å². The Balaban J connectivity index is 1.30. The lowest BCUT2D eigenvalue weighted by Crippen LogP contribution is -2.38. The van der Waals surface area contributed by atoms with Crippen molar-refractivity contribution in [3.05, 3.63) is 46.8 Å². The minimum atomic E-state index is -0.359. The van der Waals surface area contributed by atoms with Crippen LogP contribution >= 0.6 is 0 Å². The zero-order valence-corrected chi connectivity index (χ0v) is 16.2. The van der Waals surface area contributed by atoms with Gasteiger partial charge in [0.2, 0.25) is 5.91 Å². The molecule has 1 aromatic heterocycles. The van der Waals surface area contributed by atoms with E-state index < -0.39 is 0 Å². The maximum Gasteiger partial charge on any atom is 0.292 e. The minimum Gasteiger partial charge on any atom is -0.376 e. The Bertz CT molecular complexity index is 869. The van der Waals surface area contributed by atoms with E-state index in [1.807, 2.05) is 15.8 Å². The van der Waals surface area contributed by atoms with Crippen molar-refractivity contribution in [3.63, 3.8) is 0 Å². The topological polar surface area (TPSA) is 103 Å². The number of anilines is 2. The third kappa shape index (κ3) is 4.56. The number of nitrogens with one attached hydrogen (secondary N) is 1. The highest BCUT2D eigenvalue weighted by Gasteiger charge is 2.28. The number of hydrogen-bond donors (Lipinski definition) is 1. The molecule has 0 aliphatic carbocycles. The van der Waals surface area contributed by atoms with E-state index in [2.05, 4.69) is 10.4 Å². The molecule has 1 unspecified atom stereocenters. The lowest BCUT2D eigenvalue weighted by atomic mass is 9.95. The molecule has 9 heteroatoms. The smallest absolute Gasteiger partial charge is 0.292 e. The van der Waals surface area contributed by atoms with E-state index >= 15 is 0 Å². The molecule has 2 fully saturated rings. The predicted octanol–water partition coefficient (Wildman–Crippen LogP) is 2.83. The molecule has 4 rings (SSSR count). The van der Waals surface area contributed by atoms with Crippen LogP contribution < -0.4 is 10.2 Å². The van der Waals surface area contributed by atoms with Gasteiger partial charge in [0, 0.05) is 37.9 Å². The fourth-order valence-corrected chi connectivity index (χ4v) is 4.04. The number of carbonyl (C=O) groups excluding carboxylic acids is 1. The van der Waals surface area contributed by atoms with E-state index in [0.29, 0.717) is 43.9 Å². The summed E-state index contributed by atoms with van der Waals surface area (Å²) in [4.78, 5) is 25.5. The first kappa shape index (κ1) is 19.4. The van der Waals surface area contributed by atoms with Crippen molar-refractivity contribution in [2.75, 3.05) is 29.9 Å². The number of nitrogens with zero attached hydrogens (tertiary/aromatic N) is 4. The SMILES string of the molecule is O=C(Nc1cnn(CC2CCCO2)c1)C1CCN(c2ccccc2[N+](=O)[O-])CC1. The van der Waals surface area contributed by atoms with Gasteiger partial charge >= 0.3 is 0 Å². The highest BCUT2D eigenvalue weighted by Crippen LogP contribution is 2.31. The zero-order valence-electron chi connectivity index (χ0n) is 16.2. The maximum absolute atomic E-state index is 12.6. The van der Waals surface area contributed by atoms with Gasteiger partial charge in [0.05, 0.1) is 29.5 Å². The van der Waals surface area contributed by atoms with Gasteiger partial charge in [-0.15, -0.1) is 0 Å². The summed E-state index contributed by atoms with van der Waals surface area (Å²) in [6, 6.07) is 6.75. The van der Waals surface area contributed by atoms with E-state index in [1.165, 1.54) is 6.07 Å². The summed E-state index contributed by atoms with van der Waals surface area (Å²) < 4.78 is 7.43. The number of para-hydroxylation sites is 2. The van der Waals surface area contributed by atoms with Gasteiger partial charge in [-0.2, -0.15) is 5.10 Å². The number of rotatable bonds is 6. The van der Waals surface area contributed by atoms with Gasteiger partial charge in [0.25, 0.3) is 5.69 Å². The monoisotopic (exact) mass is 399 g/mol. The molecule has 154 valence electrons. The van der Waals surface area contributed by atoms with Gasteiger partial charge in [-0.1, -0.05) is 12.1 Å². The fraction of sp³-hybridized carbons (Fsp3) is 0.500. The van der Waals surface area contributed by atoms with Crippen molar-refractivity contribution >= 4 is 23.0 Å². The second-order valence-electron chi connectivity index (χ2n) is 7.58. The average molecular weight is 399 g/mol. The van der Waals surface area contributed by atoms with Crippen LogP contribution in [-0.2, 0) is 16.1 Å². The van der Waals surface area contributed by atoms with Crippen LogP contribution in [0.1, 0.15) is 25.7 Å². The fourth-order valence-electron chi connectivity index (χ4n) is 4.04. The summed E-state index contributed by atoms with van der Waals surface area (Å²) in [5.74, 6) is -0.139. The summed E-state index contributed by atoms with van der Waals surface area (Å²) in [5, 5.41) is 18.5. The van der Waals surface area contributed by atoms with Crippen LogP contribution in [0.25, 0.3) is 0 Å². The third-order valence-corrected chi connectivity index (χ3v) is 5.60. The van der Waals surface area contributed by atoms with E-state index in [9.17, 15) is 14.9 Å². The number of aromatic nitrogens is 2. The number of benzene rings is 1. The van der Waals surface area contributed by atoms with Crippen molar-refractivity contribution < 1.29 is 14.5 Å². The Labute approximate surface area is 168 Å². The second kappa shape index (κ2) is 8.60. The Kier molecular flexibility index (Phi) is 5.75. The Morgan fingerprint density at radius 1 is 1.28 bits per heavy atom. The molecule has 2 saturated heterocycles. The first-order valence-electron chi connectivity index (χ1n) is 10.0. The van der Waals surface area contributed by atoms with Crippen LogP contribution in [0.15, 0.2) is 36.7 Å². The van der Waals surface area contributed by atoms with Gasteiger partial charge in [-0.05, 0) is 31.7 Å². The van der Waals surface area contributed by atoms with Crippen molar-refractivity contribution in [1.29, 1.82) is 0 Å². The van der Waals surface area contributed by atoms with Crippen molar-refractivity contribution in [3.8, 4) is 0 Å². The summed E-state index contributed by atoms with van der Waals surface area (Å²) in [5.41, 5.74) is 1.41. The molecule has 2 aliphatic heterocycles. The standard InChI is InChI=1S/C20H25N5O4/c26-20(22-16-12-21-24(13-16)14-17-4-3-11-29-17)15-7-9-23(10-8-15)18-5-1-2-6-19(18)25(27)28/h1-2,5-6,12-13,15,17H,3-4,7-11,14H2,(H,22,26). The van der Waals surface area contributed by atoms with Crippen LogP contribution in [-0.4, -0.2) is 46.4 Å². The van der Waals surface area contributed by atoms with Crippen LogP contribution in [0.3, 0.4) is 0 Å². The van der Waals surface area contributed by atoms with Crippen molar-refractivity contribution in [1.82, 2.24) is 9.78 Å². The normalized spacial score (nSPS) is 20.0. The van der Waals surface area contributed by atoms with Gasteiger partial charge in [-0.25, -0.2) is 0 Å². The number of amides is 1. The number of nitro groups is 1. The quantitative estimate of drug-likeness (QED) is 0.592. The lowest BCUT2D eigenvalue weighted by Gasteiger charge is -2.32. The second-order valence-corrected chi connectivity index (χ2v) is 7.58. The molecule has 1 atom stereocenters. The molecule has 1 aromatic carbocycles. The number of ether oxygens (including phenoxy) is 1. The molecular formula is C20H25N5O4. The molecule has 9 nitrogen and oxygen atoms in total. The Morgan fingerprint density at radius 3 is 2.79 bits per heavy atom. The zero-order chi connectivity index (χ0) is 20.2. The number of nitro benzene ring substituents is 1. The summed E-state index contributed by atoms with van der Waals surface area (Å²) in [6.07, 6.45) is 7.13. The first-order chi connectivity index (χ1) is 14.1. The number of carbonyl (C=O) groups is 1. The lowest BCUT2D eigenvalue weighted by molar-refractivity contribution is -0.384. The molecule has 1 amide bonds. The maximum atomic E-state index is 12.6. The van der Waals surface area contributed by atoms with E-state index in [1.54, 1.807) is 24.4 Å². The Hall–Kier alpha value is -2.94. The summed E-state index contributed by atoms with van der Waals surface area (Å²) in [7, 11) is 0. The molecule has 0 radical (unpaired) electrons. The third-order valence-electron chi connectivity index (χ3n) is 5.60. The average Bonchev–Trinajstić information content (AvgIpc) is 3.40. The molecular weight excluding hydrogens is 374 g/mol. The molecule has 2 aliphatic rings. The van der Waals surface area contributed by atoms with Crippen LogP contribution in [0.4, 0.5) is 17.1 Å². The van der Waals surface area contributed by atoms with E-state index in [-0.39, 0.29) is 28.5 Å². The summed E-state index contributed by atoms with van der Waals surface area (Å²) >= 11 is 0. The molecule has 1 N–H and O–H groups in total. The predicted molar refractivity (Wildman–Crippen MR) is 108 cm³/mol. The van der Waals surface area contributed by atoms with E-state index in [0.717, 1.165) is 19.4 Å². The largest absolute Gasteiger partial charge is 0.376 e. The van der Waals surface area contributed by atoms with Crippen molar-refractivity contribution in [2.45, 2.75) is 38.3 Å². The molecule has 2 aromatic rings. The molecule has 0 bridgehead atoms. The molecule has 3 heterocycles. The number of hydrogen-bond acceptors (Lipinski definition) is 6. The molecule has 29 heavy (non-hydrogen) atoms. The van der Waals surface area contributed by atoms with Gasteiger partial charge in [0.1, 0.15) is 5.69 Å². The first-order valence-corrected chi connectivity index (χ1v) is 10.0.